The summed E-state index contributed by atoms with van der Waals surface area (Å²) in [6.07, 6.45) is 9.99. The molecule has 0 saturated carbocycles. The predicted molar refractivity (Wildman–Crippen MR) is 233 cm³/mol. The van der Waals surface area contributed by atoms with E-state index >= 15 is 0 Å². The average Bonchev–Trinajstić information content (AvgIpc) is 3.56. The second kappa shape index (κ2) is 17.7. The minimum absolute atomic E-state index is 0. The van der Waals surface area contributed by atoms with Crippen LogP contribution in [0, 0.1) is 0 Å². The molecule has 0 atom stereocenters. The molecule has 0 N–H and O–H groups in total. The molecule has 0 amide bonds. The van der Waals surface area contributed by atoms with Gasteiger partial charge in [0.2, 0.25) is 0 Å². The van der Waals surface area contributed by atoms with E-state index in [-0.39, 0.29) is 56.8 Å². The van der Waals surface area contributed by atoms with Gasteiger partial charge in [-0.15, -0.1) is 12.7 Å². The molecular weight excluding hydrogens is 702 g/mol. The summed E-state index contributed by atoms with van der Waals surface area (Å²) in [5.74, 6) is 0. The first-order valence-corrected chi connectivity index (χ1v) is 19.8. The van der Waals surface area contributed by atoms with Gasteiger partial charge < -0.3 is 5.32 Å². The van der Waals surface area contributed by atoms with Gasteiger partial charge in [0.1, 0.15) is 0 Å². The van der Waals surface area contributed by atoms with E-state index in [4.69, 9.17) is 0 Å². The van der Waals surface area contributed by atoms with Gasteiger partial charge in [0.15, 0.2) is 0 Å². The maximum Gasteiger partial charge on any atom is 1.00 e. The largest absolute Gasteiger partial charge is 1.00 e. The van der Waals surface area contributed by atoms with Crippen molar-refractivity contribution in [3.8, 4) is 11.1 Å². The molecule has 0 fully saturated rings. The molecule has 2 heteroatoms. The Morgan fingerprint density at radius 2 is 0.982 bits per heavy atom. The Hall–Kier alpha value is -4.54. The molecule has 0 unspecified atom stereocenters. The Labute approximate surface area is 376 Å². The van der Waals surface area contributed by atoms with Crippen molar-refractivity contribution in [3.63, 3.8) is 0 Å². The Morgan fingerprint density at radius 1 is 0.482 bits per heavy atom. The summed E-state index contributed by atoms with van der Waals surface area (Å²) in [5.41, 5.74) is 16.8. The van der Waals surface area contributed by atoms with E-state index in [0.717, 1.165) is 24.9 Å². The van der Waals surface area contributed by atoms with E-state index in [9.17, 15) is 0 Å². The third-order valence-corrected chi connectivity index (χ3v) is 11.5. The van der Waals surface area contributed by atoms with E-state index in [1.54, 1.807) is 7.05 Å². The van der Waals surface area contributed by atoms with Gasteiger partial charge in [-0.25, -0.2) is 0 Å². The van der Waals surface area contributed by atoms with Crippen LogP contribution in [0.25, 0.3) is 16.4 Å². The molecule has 7 aromatic rings. The molecule has 3 aliphatic carbocycles. The van der Waals surface area contributed by atoms with Crippen LogP contribution in [-0.2, 0) is 17.3 Å². The molecule has 7 aromatic carbocycles. The summed E-state index contributed by atoms with van der Waals surface area (Å²) in [6, 6.07) is 67.1. The summed E-state index contributed by atoms with van der Waals surface area (Å²) in [4.78, 5) is 0. The fourth-order valence-corrected chi connectivity index (χ4v) is 9.44. The zero-order valence-electron chi connectivity index (χ0n) is 33.1. The van der Waals surface area contributed by atoms with Crippen LogP contribution in [0.3, 0.4) is 0 Å². The number of fused-ring (bicyclic) bond motifs is 9. The number of hydrogen-bond donors (Lipinski definition) is 0. The van der Waals surface area contributed by atoms with Crippen molar-refractivity contribution in [3.05, 3.63) is 261 Å². The van der Waals surface area contributed by atoms with Crippen molar-refractivity contribution < 1.29 is 51.4 Å². The van der Waals surface area contributed by atoms with Crippen LogP contribution in [0.5, 0.6) is 0 Å². The summed E-state index contributed by atoms with van der Waals surface area (Å²) in [7, 11) is 1.79. The van der Waals surface area contributed by atoms with Crippen LogP contribution in [0.2, 0.25) is 0 Å². The van der Waals surface area contributed by atoms with E-state index in [1.807, 2.05) is 44.2 Å². The fourth-order valence-electron chi connectivity index (χ4n) is 9.44. The molecule has 270 valence electrons. The molecule has 1 nitrogen and oxygen atoms in total. The number of hydrogen-bond acceptors (Lipinski definition) is 0. The zero-order chi connectivity index (χ0) is 37.7. The van der Waals surface area contributed by atoms with Gasteiger partial charge in [0, 0.05) is 0 Å². The van der Waals surface area contributed by atoms with Gasteiger partial charge in [-0.1, -0.05) is 220 Å². The quantitative estimate of drug-likeness (QED) is 0.156. The monoisotopic (exact) mass is 749 g/mol. The molecule has 0 heterocycles. The van der Waals surface area contributed by atoms with E-state index in [1.165, 1.54) is 66.8 Å². The van der Waals surface area contributed by atoms with Crippen LogP contribution < -0.4 is 51.4 Å². The van der Waals surface area contributed by atoms with Crippen molar-refractivity contribution in [2.75, 3.05) is 7.05 Å². The van der Waals surface area contributed by atoms with Crippen molar-refractivity contribution in [1.82, 2.24) is 0 Å². The smallest absolute Gasteiger partial charge is 0.687 e. The Balaban J connectivity index is 0.000000388. The number of nitrogens with zero attached hydrogens (tertiary/aromatic N) is 1. The number of rotatable bonds is 5. The Bertz CT molecular complexity index is 2410. The first-order valence-electron chi connectivity index (χ1n) is 19.8. The molecular formula is C54H48KN. The summed E-state index contributed by atoms with van der Waals surface area (Å²) >= 11 is 0. The average molecular weight is 750 g/mol. The molecule has 3 aliphatic rings. The number of para-hydroxylation sites is 1. The first-order chi connectivity index (χ1) is 27.3. The minimum Gasteiger partial charge on any atom is -0.687 e. The molecule has 0 saturated heterocycles. The van der Waals surface area contributed by atoms with Crippen LogP contribution >= 0.6 is 0 Å². The van der Waals surface area contributed by atoms with Crippen molar-refractivity contribution in [1.29, 1.82) is 0 Å². The summed E-state index contributed by atoms with van der Waals surface area (Å²) in [5, 5.41) is 3.97. The molecule has 0 aliphatic heterocycles. The van der Waals surface area contributed by atoms with E-state index in [0.29, 0.717) is 0 Å². The molecule has 56 heavy (non-hydrogen) atoms. The number of allylic oxidation sites excluding steroid dienone is 4. The van der Waals surface area contributed by atoms with Crippen LogP contribution in [-0.4, -0.2) is 7.05 Å². The van der Waals surface area contributed by atoms with Gasteiger partial charge in [-0.2, -0.15) is 0 Å². The van der Waals surface area contributed by atoms with Crippen molar-refractivity contribution in [2.45, 2.75) is 43.9 Å². The molecule has 0 radical (unpaired) electrons. The molecule has 1 spiro atoms. The normalized spacial score (nSPS) is 17.9. The van der Waals surface area contributed by atoms with Crippen LogP contribution in [0.4, 0.5) is 5.69 Å². The fraction of sp³-hybridized carbons (Fsp3) is 0.148. The molecule has 0 aromatic heterocycles. The maximum atomic E-state index is 3.97. The standard InChI is InChI=1S/C45H34.C7H8N.C2H6.K/c1-4-16-32(17-5-1)30-33-28-29-37-36-22-10-11-23-38(36)45(43(37)31-33)41-26-14-12-24-39(41)44(34-18-6-2-7-19-34,35-20-8-3-9-21-35)40-25-13-15-27-42(40)45;1-8-7-5-3-2-4-6-7;1-2;/h1-8,10-20,22-29,31H,9,21,30H2;2-6H,1H3;1-2H3;/q;-1;;+1. The van der Waals surface area contributed by atoms with Gasteiger partial charge in [-0.3, -0.25) is 0 Å². The second-order valence-corrected chi connectivity index (χ2v) is 14.3. The maximum absolute atomic E-state index is 3.97. The van der Waals surface area contributed by atoms with Gasteiger partial charge in [0.05, 0.1) is 10.8 Å². The van der Waals surface area contributed by atoms with E-state index < -0.39 is 5.41 Å². The molecule has 10 rings (SSSR count). The van der Waals surface area contributed by atoms with Crippen LogP contribution in [0.15, 0.2) is 206 Å². The Morgan fingerprint density at radius 3 is 1.54 bits per heavy atom. The molecule has 0 bridgehead atoms. The van der Waals surface area contributed by atoms with Crippen LogP contribution in [0.1, 0.15) is 76.8 Å². The minimum atomic E-state index is -0.421. The van der Waals surface area contributed by atoms with E-state index in [2.05, 4.69) is 175 Å². The predicted octanol–water partition coefficient (Wildman–Crippen LogP) is 10.9. The first kappa shape index (κ1) is 39.7. The number of benzene rings is 7. The summed E-state index contributed by atoms with van der Waals surface area (Å²) < 4.78 is 0. The topological polar surface area (TPSA) is 14.1 Å². The van der Waals surface area contributed by atoms with Gasteiger partial charge in [-0.05, 0) is 80.5 Å². The SMILES string of the molecule is C1=CCCC(C2(c3ccccc3)c3ccccc3C3(c4ccccc4-c4ccc(Cc5ccccc5)cc43)c3ccccc32)=C1.CC.C[N-]c1ccccc1.[K+]. The van der Waals surface area contributed by atoms with Gasteiger partial charge in [0.25, 0.3) is 0 Å². The second-order valence-electron chi connectivity index (χ2n) is 14.3. The van der Waals surface area contributed by atoms with Crippen molar-refractivity contribution in [2.24, 2.45) is 0 Å². The van der Waals surface area contributed by atoms with Gasteiger partial charge >= 0.3 is 51.4 Å². The third kappa shape index (κ3) is 6.72. The third-order valence-electron chi connectivity index (χ3n) is 11.5. The Kier molecular flexibility index (Phi) is 12.6. The summed E-state index contributed by atoms with van der Waals surface area (Å²) in [6.45, 7) is 4.00. The van der Waals surface area contributed by atoms with Crippen molar-refractivity contribution >= 4 is 5.69 Å². The zero-order valence-corrected chi connectivity index (χ0v) is 36.2.